The largest absolute Gasteiger partial charge is 0.394 e. The van der Waals surface area contributed by atoms with Gasteiger partial charge in [0, 0.05) is 18.6 Å². The van der Waals surface area contributed by atoms with Crippen LogP contribution < -0.4 is 33.6 Å². The van der Waals surface area contributed by atoms with Crippen LogP contribution in [0.25, 0.3) is 0 Å². The van der Waals surface area contributed by atoms with Gasteiger partial charge in [0.15, 0.2) is 18.9 Å². The molecule has 1 amide bonds. The highest BCUT2D eigenvalue weighted by atomic mass is 16.8. The molecule has 3 aliphatic heterocycles. The van der Waals surface area contributed by atoms with Crippen molar-refractivity contribution < 1.29 is 64.2 Å². The highest BCUT2D eigenvalue weighted by Crippen LogP contribution is 2.35. The van der Waals surface area contributed by atoms with Gasteiger partial charge in [-0.05, 0) is 19.9 Å². The number of fused-ring (bicyclic) bond motifs is 1. The number of carbonyl (C=O) groups excluding carboxylic acids is 1. The van der Waals surface area contributed by atoms with Crippen molar-refractivity contribution in [2.45, 2.75) is 123 Å². The molecule has 0 aromatic carbocycles. The van der Waals surface area contributed by atoms with E-state index in [1.807, 2.05) is 0 Å². The van der Waals surface area contributed by atoms with Gasteiger partial charge in [0.25, 0.3) is 5.91 Å². The summed E-state index contributed by atoms with van der Waals surface area (Å²) in [4.78, 5) is 12.1. The Bertz CT molecular complexity index is 925. The highest BCUT2D eigenvalue weighted by molar-refractivity contribution is 5.81. The van der Waals surface area contributed by atoms with Gasteiger partial charge in [0.1, 0.15) is 48.8 Å². The summed E-state index contributed by atoms with van der Waals surface area (Å²) in [5, 5.41) is 78.0. The Morgan fingerprint density at radius 1 is 0.837 bits per heavy atom. The first-order chi connectivity index (χ1) is 20.3. The number of amides is 1. The van der Waals surface area contributed by atoms with Gasteiger partial charge < -0.3 is 93.0 Å². The van der Waals surface area contributed by atoms with Crippen LogP contribution in [0.3, 0.4) is 0 Å². The third-order valence-corrected chi connectivity index (χ3v) is 8.52. The van der Waals surface area contributed by atoms with E-state index in [2.05, 4.69) is 10.6 Å². The molecule has 0 radical (unpaired) electrons. The third kappa shape index (κ3) is 7.13. The zero-order valence-electron chi connectivity index (χ0n) is 23.6. The van der Waals surface area contributed by atoms with E-state index in [0.717, 1.165) is 0 Å². The van der Waals surface area contributed by atoms with Gasteiger partial charge in [0.2, 0.25) is 0 Å². The molecule has 19 heteroatoms. The van der Waals surface area contributed by atoms with Crippen LogP contribution >= 0.6 is 0 Å². The van der Waals surface area contributed by atoms with Gasteiger partial charge in [-0.15, -0.1) is 0 Å². The van der Waals surface area contributed by atoms with Gasteiger partial charge in [0.05, 0.1) is 36.9 Å². The van der Waals surface area contributed by atoms with Crippen LogP contribution in [-0.4, -0.2) is 172 Å². The van der Waals surface area contributed by atoms with Gasteiger partial charge in [-0.3, -0.25) is 4.79 Å². The van der Waals surface area contributed by atoms with Crippen LogP contribution in [0.1, 0.15) is 12.8 Å². The van der Waals surface area contributed by atoms with E-state index in [1.54, 1.807) is 0 Å². The molecule has 0 spiro atoms. The lowest BCUT2D eigenvalue weighted by atomic mass is 9.84. The molecule has 18 atom stereocenters. The molecule has 250 valence electrons. The molecular formula is C24H46N6O13. The summed E-state index contributed by atoms with van der Waals surface area (Å²) in [7, 11) is 1.51. The Kier molecular flexibility index (Phi) is 11.7. The van der Waals surface area contributed by atoms with E-state index >= 15 is 0 Å². The quantitative estimate of drug-likeness (QED) is 0.113. The van der Waals surface area contributed by atoms with E-state index in [4.69, 9.17) is 46.6 Å². The zero-order chi connectivity index (χ0) is 31.7. The summed E-state index contributed by atoms with van der Waals surface area (Å²) < 4.78 is 29.4. The molecule has 17 N–H and O–H groups in total. The van der Waals surface area contributed by atoms with E-state index in [-0.39, 0.29) is 12.8 Å². The van der Waals surface area contributed by atoms with Crippen LogP contribution in [0.4, 0.5) is 0 Å². The topological polar surface area (TPSA) is 333 Å². The molecule has 19 nitrogen and oxygen atoms in total. The Labute approximate surface area is 247 Å². The van der Waals surface area contributed by atoms with Crippen molar-refractivity contribution in [3.05, 3.63) is 0 Å². The molecule has 1 saturated carbocycles. The molecule has 8 unspecified atom stereocenters. The molecule has 3 heterocycles. The number of nitrogens with two attached hydrogens (primary N) is 4. The smallest absolute Gasteiger partial charge is 0.250 e. The molecule has 0 bridgehead atoms. The van der Waals surface area contributed by atoms with Gasteiger partial charge >= 0.3 is 0 Å². The van der Waals surface area contributed by atoms with Crippen LogP contribution in [0.5, 0.6) is 0 Å². The number of hydrogen-bond acceptors (Lipinski definition) is 18. The van der Waals surface area contributed by atoms with E-state index < -0.39 is 129 Å². The minimum atomic E-state index is -1.75. The van der Waals surface area contributed by atoms with Crippen molar-refractivity contribution in [3.8, 4) is 0 Å². The summed E-state index contributed by atoms with van der Waals surface area (Å²) in [5.74, 6) is -0.934. The number of nitrogens with one attached hydrogen (secondary N) is 2. The van der Waals surface area contributed by atoms with E-state index in [9.17, 15) is 40.5 Å². The number of carbonyl (C=O) groups is 1. The number of aliphatic hydroxyl groups is 7. The summed E-state index contributed by atoms with van der Waals surface area (Å²) in [6.07, 6.45) is -16.8. The molecule has 43 heavy (non-hydrogen) atoms. The average Bonchev–Trinajstić information content (AvgIpc) is 2.97. The Hall–Kier alpha value is -1.21. The highest BCUT2D eigenvalue weighted by Gasteiger charge is 2.54. The minimum Gasteiger partial charge on any atom is -0.394 e. The maximum absolute atomic E-state index is 12.1. The second-order valence-corrected chi connectivity index (χ2v) is 11.5. The number of ether oxygens (including phenoxy) is 5. The summed E-state index contributed by atoms with van der Waals surface area (Å²) in [6.45, 7) is -1.09. The lowest BCUT2D eigenvalue weighted by Gasteiger charge is -2.51. The van der Waals surface area contributed by atoms with Crippen LogP contribution in [-0.2, 0) is 28.5 Å². The first-order valence-electron chi connectivity index (χ1n) is 14.2. The normalized spacial score (nSPS) is 49.6. The zero-order valence-corrected chi connectivity index (χ0v) is 23.6. The molecule has 0 aromatic rings. The van der Waals surface area contributed by atoms with Crippen LogP contribution in [0.2, 0.25) is 0 Å². The second kappa shape index (κ2) is 14.5. The number of aliphatic hydroxyl groups excluding tert-OH is 7. The van der Waals surface area contributed by atoms with Crippen molar-refractivity contribution in [1.29, 1.82) is 0 Å². The van der Waals surface area contributed by atoms with Crippen molar-refractivity contribution in [1.82, 2.24) is 10.6 Å². The predicted octanol–water partition coefficient (Wildman–Crippen LogP) is -8.47. The predicted molar refractivity (Wildman–Crippen MR) is 142 cm³/mol. The monoisotopic (exact) mass is 626 g/mol. The first-order valence-corrected chi connectivity index (χ1v) is 14.2. The Morgan fingerprint density at radius 2 is 1.53 bits per heavy atom. The van der Waals surface area contributed by atoms with Crippen molar-refractivity contribution in [2.24, 2.45) is 22.9 Å². The summed E-state index contributed by atoms with van der Waals surface area (Å²) >= 11 is 0. The number of rotatable bonds is 9. The SMILES string of the molecule is CNC1C(O[C@H]2OC(CO)[C@@H](NC(=O)[C@@H](O)CN)[C@H](O)C2O)O[C@H]2C[C@H](N)[C@@H](O[C@@H]3C(N)C[C@@H](N)C(O)[C@H]3O)OC2C1O. The molecular weight excluding hydrogens is 580 g/mol. The molecule has 4 aliphatic rings. The Morgan fingerprint density at radius 3 is 2.16 bits per heavy atom. The summed E-state index contributed by atoms with van der Waals surface area (Å²) in [5.41, 5.74) is 23.5. The standard InChI is InChI=1S/C24H46N6O13/c1-29-13-16(35)20-10(3-8(28)22(42-20)41-19-7(27)2-6(26)14(33)17(19)36)39-23(13)43-24-18(37)15(34)12(11(5-31)40-24)30-21(38)9(32)4-25/h6-20,22-24,29,31-37H,2-5,25-28H2,1H3,(H,30,38)/t6-,7?,8+,9+,10+,11?,12-,13?,14?,15+,16?,17-,18?,19-,20?,22+,23?,24-/m1/s1. The maximum Gasteiger partial charge on any atom is 0.250 e. The molecule has 4 fully saturated rings. The van der Waals surface area contributed by atoms with Gasteiger partial charge in [-0.1, -0.05) is 0 Å². The fraction of sp³-hybridized carbons (Fsp3) is 0.958. The van der Waals surface area contributed by atoms with Gasteiger partial charge in [-0.2, -0.15) is 0 Å². The van der Waals surface area contributed by atoms with Gasteiger partial charge in [-0.25, -0.2) is 0 Å². The van der Waals surface area contributed by atoms with Crippen molar-refractivity contribution in [3.63, 3.8) is 0 Å². The van der Waals surface area contributed by atoms with Crippen LogP contribution in [0, 0.1) is 0 Å². The Balaban J connectivity index is 1.42. The molecule has 0 aromatic heterocycles. The number of hydrogen-bond donors (Lipinski definition) is 13. The average molecular weight is 627 g/mol. The molecule has 1 aliphatic carbocycles. The fourth-order valence-corrected chi connectivity index (χ4v) is 5.97. The number of likely N-dealkylation sites (N-methyl/N-ethyl adjacent to an activating group) is 1. The summed E-state index contributed by atoms with van der Waals surface area (Å²) in [6, 6.07) is -4.55. The van der Waals surface area contributed by atoms with E-state index in [1.165, 1.54) is 7.05 Å². The first kappa shape index (κ1) is 34.7. The maximum atomic E-state index is 12.1. The lowest BCUT2D eigenvalue weighted by molar-refractivity contribution is -0.373. The molecule has 4 rings (SSSR count). The fourth-order valence-electron chi connectivity index (χ4n) is 5.97. The third-order valence-electron chi connectivity index (χ3n) is 8.52. The van der Waals surface area contributed by atoms with Crippen LogP contribution in [0.15, 0.2) is 0 Å². The molecule has 3 saturated heterocycles. The lowest BCUT2D eigenvalue weighted by Crippen LogP contribution is -2.70. The van der Waals surface area contributed by atoms with Crippen molar-refractivity contribution in [2.75, 3.05) is 20.2 Å². The van der Waals surface area contributed by atoms with E-state index in [0.29, 0.717) is 0 Å². The second-order valence-electron chi connectivity index (χ2n) is 11.5. The van der Waals surface area contributed by atoms with Crippen molar-refractivity contribution >= 4 is 5.91 Å². The minimum absolute atomic E-state index is 0.0936.